The number of carboxylic acids is 1. The standard InChI is InChI=1S/C17H16ClN5O3/c18-12-3-7-15(8-4-12)26-14-5-1-11(2-6-14)17-20-22-23(21-17)10-13(19)9-16(24)25/h1-8,13H,9-10,19H2,(H,24,25)/t13-/m1/s1. The summed E-state index contributed by atoms with van der Waals surface area (Å²) < 4.78 is 5.73. The van der Waals surface area contributed by atoms with Crippen LogP contribution in [-0.4, -0.2) is 37.3 Å². The Balaban J connectivity index is 1.65. The van der Waals surface area contributed by atoms with Gasteiger partial charge < -0.3 is 15.6 Å². The second-order valence-electron chi connectivity index (χ2n) is 5.61. The lowest BCUT2D eigenvalue weighted by Gasteiger charge is -2.06. The van der Waals surface area contributed by atoms with Gasteiger partial charge in [0.25, 0.3) is 0 Å². The van der Waals surface area contributed by atoms with E-state index in [1.54, 1.807) is 36.4 Å². The van der Waals surface area contributed by atoms with E-state index in [0.29, 0.717) is 22.3 Å². The van der Waals surface area contributed by atoms with Crippen LogP contribution < -0.4 is 10.5 Å². The summed E-state index contributed by atoms with van der Waals surface area (Å²) in [5, 5.41) is 21.4. The predicted molar refractivity (Wildman–Crippen MR) is 95.0 cm³/mol. The van der Waals surface area contributed by atoms with Gasteiger partial charge in [-0.25, -0.2) is 0 Å². The van der Waals surface area contributed by atoms with E-state index in [-0.39, 0.29) is 13.0 Å². The summed E-state index contributed by atoms with van der Waals surface area (Å²) in [7, 11) is 0. The molecule has 3 N–H and O–H groups in total. The fourth-order valence-electron chi connectivity index (χ4n) is 2.25. The van der Waals surface area contributed by atoms with E-state index in [0.717, 1.165) is 5.56 Å². The van der Waals surface area contributed by atoms with Gasteiger partial charge in [0.2, 0.25) is 5.82 Å². The number of rotatable bonds is 7. The van der Waals surface area contributed by atoms with Crippen molar-refractivity contribution < 1.29 is 14.6 Å². The van der Waals surface area contributed by atoms with Crippen molar-refractivity contribution >= 4 is 17.6 Å². The maximum absolute atomic E-state index is 10.6. The predicted octanol–water partition coefficient (Wildman–Crippen LogP) is 2.59. The average Bonchev–Trinajstić information content (AvgIpc) is 3.05. The molecule has 0 aliphatic rings. The number of ether oxygens (including phenoxy) is 1. The SMILES string of the molecule is N[C@H](CC(=O)O)Cn1nnc(-c2ccc(Oc3ccc(Cl)cc3)cc2)n1. The number of aromatic nitrogens is 4. The van der Waals surface area contributed by atoms with E-state index in [1.165, 1.54) is 4.80 Å². The Hall–Kier alpha value is -2.97. The third kappa shape index (κ3) is 4.78. The summed E-state index contributed by atoms with van der Waals surface area (Å²) in [5.41, 5.74) is 6.48. The number of nitrogens with two attached hydrogens (primary N) is 1. The molecule has 0 aliphatic carbocycles. The van der Waals surface area contributed by atoms with E-state index in [1.807, 2.05) is 12.1 Å². The lowest BCUT2D eigenvalue weighted by Crippen LogP contribution is -2.30. The van der Waals surface area contributed by atoms with Crippen LogP contribution >= 0.6 is 11.6 Å². The molecule has 0 bridgehead atoms. The molecule has 0 fully saturated rings. The van der Waals surface area contributed by atoms with E-state index < -0.39 is 12.0 Å². The number of benzene rings is 2. The quantitative estimate of drug-likeness (QED) is 0.653. The summed E-state index contributed by atoms with van der Waals surface area (Å²) in [6, 6.07) is 13.7. The molecule has 8 nitrogen and oxygen atoms in total. The Morgan fingerprint density at radius 3 is 2.38 bits per heavy atom. The van der Waals surface area contributed by atoms with Crippen LogP contribution in [0.2, 0.25) is 5.02 Å². The Bertz CT molecular complexity index is 880. The molecule has 134 valence electrons. The first-order chi connectivity index (χ1) is 12.5. The largest absolute Gasteiger partial charge is 0.481 e. The third-order valence-corrected chi connectivity index (χ3v) is 3.70. The van der Waals surface area contributed by atoms with E-state index in [2.05, 4.69) is 15.4 Å². The lowest BCUT2D eigenvalue weighted by atomic mass is 10.2. The molecule has 2 aromatic carbocycles. The minimum absolute atomic E-state index is 0.159. The molecule has 0 radical (unpaired) electrons. The van der Waals surface area contributed by atoms with Crippen molar-refractivity contribution in [2.24, 2.45) is 5.73 Å². The van der Waals surface area contributed by atoms with Crippen LogP contribution in [0.4, 0.5) is 0 Å². The topological polar surface area (TPSA) is 116 Å². The molecule has 0 unspecified atom stereocenters. The van der Waals surface area contributed by atoms with Crippen LogP contribution in [0.5, 0.6) is 11.5 Å². The number of tetrazole rings is 1. The number of halogens is 1. The van der Waals surface area contributed by atoms with Gasteiger partial charge in [-0.2, -0.15) is 4.80 Å². The maximum atomic E-state index is 10.6. The van der Waals surface area contributed by atoms with Crippen molar-refractivity contribution in [2.45, 2.75) is 19.0 Å². The van der Waals surface area contributed by atoms with Gasteiger partial charge in [0.05, 0.1) is 13.0 Å². The molecular formula is C17H16ClN5O3. The highest BCUT2D eigenvalue weighted by Gasteiger charge is 2.12. The van der Waals surface area contributed by atoms with E-state index in [4.69, 9.17) is 27.2 Å². The van der Waals surface area contributed by atoms with Gasteiger partial charge in [0, 0.05) is 16.6 Å². The summed E-state index contributed by atoms with van der Waals surface area (Å²) in [6.07, 6.45) is -0.159. The summed E-state index contributed by atoms with van der Waals surface area (Å²) in [5.74, 6) is 0.797. The second kappa shape index (κ2) is 7.94. The Labute approximate surface area is 154 Å². The zero-order chi connectivity index (χ0) is 18.5. The highest BCUT2D eigenvalue weighted by Crippen LogP contribution is 2.25. The smallest absolute Gasteiger partial charge is 0.304 e. The Kier molecular flexibility index (Phi) is 5.45. The molecule has 1 heterocycles. The first-order valence-electron chi connectivity index (χ1n) is 7.78. The molecular weight excluding hydrogens is 358 g/mol. The van der Waals surface area contributed by atoms with Gasteiger partial charge in [-0.3, -0.25) is 4.79 Å². The third-order valence-electron chi connectivity index (χ3n) is 3.45. The highest BCUT2D eigenvalue weighted by molar-refractivity contribution is 6.30. The van der Waals surface area contributed by atoms with Crippen LogP contribution in [0.25, 0.3) is 11.4 Å². The Morgan fingerprint density at radius 2 is 1.77 bits per heavy atom. The molecule has 3 aromatic rings. The minimum Gasteiger partial charge on any atom is -0.481 e. The summed E-state index contributed by atoms with van der Waals surface area (Å²) in [6.45, 7) is 0.178. The minimum atomic E-state index is -0.964. The number of nitrogens with zero attached hydrogens (tertiary/aromatic N) is 4. The number of aliphatic carboxylic acids is 1. The van der Waals surface area contributed by atoms with Crippen LogP contribution in [0.1, 0.15) is 6.42 Å². The van der Waals surface area contributed by atoms with Crippen molar-refractivity contribution in [3.05, 3.63) is 53.6 Å². The molecule has 0 saturated carbocycles. The lowest BCUT2D eigenvalue weighted by molar-refractivity contribution is -0.137. The number of carboxylic acid groups (broad SMARTS) is 1. The molecule has 1 atom stereocenters. The molecule has 9 heteroatoms. The van der Waals surface area contributed by atoms with Crippen molar-refractivity contribution in [1.29, 1.82) is 0 Å². The monoisotopic (exact) mass is 373 g/mol. The summed E-state index contributed by atoms with van der Waals surface area (Å²) in [4.78, 5) is 11.9. The maximum Gasteiger partial charge on any atom is 0.304 e. The molecule has 0 amide bonds. The van der Waals surface area contributed by atoms with Crippen molar-refractivity contribution in [3.63, 3.8) is 0 Å². The van der Waals surface area contributed by atoms with Gasteiger partial charge in [-0.1, -0.05) is 11.6 Å². The van der Waals surface area contributed by atoms with Crippen molar-refractivity contribution in [2.75, 3.05) is 0 Å². The van der Waals surface area contributed by atoms with Gasteiger partial charge in [0.1, 0.15) is 11.5 Å². The first kappa shape index (κ1) is 17.8. The van der Waals surface area contributed by atoms with Crippen LogP contribution in [0.3, 0.4) is 0 Å². The molecule has 0 aliphatic heterocycles. The number of carbonyl (C=O) groups is 1. The fourth-order valence-corrected chi connectivity index (χ4v) is 2.37. The molecule has 26 heavy (non-hydrogen) atoms. The van der Waals surface area contributed by atoms with Gasteiger partial charge in [0.15, 0.2) is 0 Å². The van der Waals surface area contributed by atoms with Gasteiger partial charge in [-0.15, -0.1) is 10.2 Å². The normalized spacial score (nSPS) is 11.9. The Morgan fingerprint density at radius 1 is 1.15 bits per heavy atom. The highest BCUT2D eigenvalue weighted by atomic mass is 35.5. The summed E-state index contributed by atoms with van der Waals surface area (Å²) >= 11 is 5.85. The molecule has 3 rings (SSSR count). The molecule has 0 saturated heterocycles. The number of hydrogen-bond donors (Lipinski definition) is 2. The zero-order valence-electron chi connectivity index (χ0n) is 13.6. The van der Waals surface area contributed by atoms with E-state index >= 15 is 0 Å². The first-order valence-corrected chi connectivity index (χ1v) is 8.16. The van der Waals surface area contributed by atoms with Crippen LogP contribution in [0.15, 0.2) is 48.5 Å². The van der Waals surface area contributed by atoms with Crippen LogP contribution in [0, 0.1) is 0 Å². The van der Waals surface area contributed by atoms with Gasteiger partial charge >= 0.3 is 5.97 Å². The van der Waals surface area contributed by atoms with E-state index in [9.17, 15) is 4.79 Å². The molecule has 0 spiro atoms. The molecule has 1 aromatic heterocycles. The van der Waals surface area contributed by atoms with Gasteiger partial charge in [-0.05, 0) is 53.7 Å². The van der Waals surface area contributed by atoms with Crippen LogP contribution in [-0.2, 0) is 11.3 Å². The van der Waals surface area contributed by atoms with Crippen molar-refractivity contribution in [1.82, 2.24) is 20.2 Å². The second-order valence-corrected chi connectivity index (χ2v) is 6.04. The number of hydrogen-bond acceptors (Lipinski definition) is 6. The van der Waals surface area contributed by atoms with Crippen molar-refractivity contribution in [3.8, 4) is 22.9 Å². The fraction of sp³-hybridized carbons (Fsp3) is 0.176. The zero-order valence-corrected chi connectivity index (χ0v) is 14.4. The average molecular weight is 374 g/mol.